The van der Waals surface area contributed by atoms with E-state index in [9.17, 15) is 19.8 Å². The molecule has 0 bridgehead atoms. The molecule has 0 radical (unpaired) electrons. The monoisotopic (exact) mass is 902 g/mol. The van der Waals surface area contributed by atoms with Crippen molar-refractivity contribution in [3.63, 3.8) is 0 Å². The molecule has 0 rings (SSSR count). The Balaban J connectivity index is 4.52. The summed E-state index contributed by atoms with van der Waals surface area (Å²) in [6.45, 7) is 6.49. The fourth-order valence-electron chi connectivity index (χ4n) is 8.95. The molecule has 64 heavy (non-hydrogen) atoms. The molecule has 0 aromatic heterocycles. The summed E-state index contributed by atoms with van der Waals surface area (Å²) in [5, 5.41) is 23.9. The number of aliphatic hydroxyl groups excluding tert-OH is 2. The van der Waals surface area contributed by atoms with Crippen LogP contribution >= 0.6 is 0 Å². The summed E-state index contributed by atoms with van der Waals surface area (Å²) in [6.07, 6.45) is 60.9. The van der Waals surface area contributed by atoms with Gasteiger partial charge in [0.1, 0.15) is 6.10 Å². The molecule has 0 saturated carbocycles. The van der Waals surface area contributed by atoms with Gasteiger partial charge in [0, 0.05) is 6.42 Å². The van der Waals surface area contributed by atoms with E-state index < -0.39 is 18.2 Å². The van der Waals surface area contributed by atoms with Gasteiger partial charge in [-0.2, -0.15) is 0 Å². The minimum atomic E-state index is -0.786. The van der Waals surface area contributed by atoms with Gasteiger partial charge < -0.3 is 20.3 Å². The van der Waals surface area contributed by atoms with Gasteiger partial charge in [-0.25, -0.2) is 0 Å². The van der Waals surface area contributed by atoms with Crippen LogP contribution in [0.3, 0.4) is 0 Å². The van der Waals surface area contributed by atoms with Gasteiger partial charge in [-0.1, -0.05) is 270 Å². The standard InChI is InChI=1S/C58H111NO5/c1-4-7-10-13-16-19-22-25-28-30-32-35-38-41-44-47-50-56(61)55(53-60)59-57(62)52-54(49-46-43-40-37-34-31-27-24-21-18-15-12-9-6-3)64-58(63)51-48-45-42-39-36-33-29-26-23-20-17-14-11-8-5-2/h17,20,23,26,54-56,60-61H,4-16,18-19,21-22,24-25,27-53H2,1-3H3,(H,59,62)/b20-17+,26-23+. The molecule has 1 amide bonds. The van der Waals surface area contributed by atoms with Crippen molar-refractivity contribution in [3.05, 3.63) is 24.3 Å². The Morgan fingerprint density at radius 3 is 1.19 bits per heavy atom. The highest BCUT2D eigenvalue weighted by atomic mass is 16.5. The molecule has 6 nitrogen and oxygen atoms in total. The molecule has 0 aliphatic heterocycles. The lowest BCUT2D eigenvalue weighted by molar-refractivity contribution is -0.151. The molecule has 3 atom stereocenters. The highest BCUT2D eigenvalue weighted by molar-refractivity contribution is 5.77. The van der Waals surface area contributed by atoms with E-state index in [2.05, 4.69) is 50.4 Å². The predicted octanol–water partition coefficient (Wildman–Crippen LogP) is 17.5. The van der Waals surface area contributed by atoms with Gasteiger partial charge in [0.05, 0.1) is 25.2 Å². The second kappa shape index (κ2) is 52.3. The van der Waals surface area contributed by atoms with Gasteiger partial charge in [-0.3, -0.25) is 9.59 Å². The van der Waals surface area contributed by atoms with E-state index in [1.807, 2.05) is 0 Å². The van der Waals surface area contributed by atoms with Gasteiger partial charge >= 0.3 is 5.97 Å². The number of hydrogen-bond donors (Lipinski definition) is 3. The van der Waals surface area contributed by atoms with Gasteiger partial charge in [0.15, 0.2) is 0 Å². The van der Waals surface area contributed by atoms with E-state index in [1.165, 1.54) is 212 Å². The lowest BCUT2D eigenvalue weighted by Crippen LogP contribution is -2.46. The van der Waals surface area contributed by atoms with Crippen molar-refractivity contribution in [3.8, 4) is 0 Å². The zero-order chi connectivity index (χ0) is 46.7. The number of nitrogens with one attached hydrogen (secondary N) is 1. The van der Waals surface area contributed by atoms with Crippen molar-refractivity contribution in [2.75, 3.05) is 6.61 Å². The largest absolute Gasteiger partial charge is 0.462 e. The molecule has 0 heterocycles. The van der Waals surface area contributed by atoms with Gasteiger partial charge in [0.2, 0.25) is 5.91 Å². The third-order valence-electron chi connectivity index (χ3n) is 13.3. The lowest BCUT2D eigenvalue weighted by Gasteiger charge is -2.24. The Bertz CT molecular complexity index is 1010. The second-order valence-electron chi connectivity index (χ2n) is 19.7. The molecule has 378 valence electrons. The summed E-state index contributed by atoms with van der Waals surface area (Å²) >= 11 is 0. The average Bonchev–Trinajstić information content (AvgIpc) is 3.29. The van der Waals surface area contributed by atoms with E-state index in [0.29, 0.717) is 19.3 Å². The normalized spacial score (nSPS) is 13.3. The first-order valence-electron chi connectivity index (χ1n) is 28.6. The fraction of sp³-hybridized carbons (Fsp3) is 0.897. The number of hydrogen-bond acceptors (Lipinski definition) is 5. The van der Waals surface area contributed by atoms with Crippen LogP contribution in [0.2, 0.25) is 0 Å². The molecule has 0 aromatic carbocycles. The van der Waals surface area contributed by atoms with E-state index in [0.717, 1.165) is 51.4 Å². The number of unbranched alkanes of at least 4 members (excludes halogenated alkanes) is 37. The molecule has 3 unspecified atom stereocenters. The summed E-state index contributed by atoms with van der Waals surface area (Å²) in [5.74, 6) is -0.468. The van der Waals surface area contributed by atoms with Crippen molar-refractivity contribution in [1.82, 2.24) is 5.32 Å². The summed E-state index contributed by atoms with van der Waals surface area (Å²) in [7, 11) is 0. The summed E-state index contributed by atoms with van der Waals surface area (Å²) in [5.41, 5.74) is 0. The van der Waals surface area contributed by atoms with Crippen LogP contribution in [0.1, 0.15) is 310 Å². The quantitative estimate of drug-likeness (QED) is 0.0321. The van der Waals surface area contributed by atoms with Gasteiger partial charge in [0.25, 0.3) is 0 Å². The van der Waals surface area contributed by atoms with Gasteiger partial charge in [-0.05, 0) is 51.4 Å². The number of allylic oxidation sites excluding steroid dienone is 4. The van der Waals surface area contributed by atoms with E-state index >= 15 is 0 Å². The van der Waals surface area contributed by atoms with Crippen molar-refractivity contribution in [2.24, 2.45) is 0 Å². The van der Waals surface area contributed by atoms with Crippen molar-refractivity contribution in [1.29, 1.82) is 0 Å². The summed E-state index contributed by atoms with van der Waals surface area (Å²) in [4.78, 5) is 26.2. The van der Waals surface area contributed by atoms with Crippen molar-refractivity contribution >= 4 is 11.9 Å². The third kappa shape index (κ3) is 46.9. The average molecular weight is 903 g/mol. The Kier molecular flexibility index (Phi) is 51.0. The van der Waals surface area contributed by atoms with E-state index in [-0.39, 0.29) is 24.9 Å². The number of carbonyl (C=O) groups is 2. The van der Waals surface area contributed by atoms with Crippen LogP contribution in [-0.4, -0.2) is 46.9 Å². The maximum Gasteiger partial charge on any atom is 0.306 e. The maximum absolute atomic E-state index is 13.3. The highest BCUT2D eigenvalue weighted by Crippen LogP contribution is 2.19. The Morgan fingerprint density at radius 2 is 0.781 bits per heavy atom. The van der Waals surface area contributed by atoms with Crippen molar-refractivity contribution in [2.45, 2.75) is 328 Å². The molecular formula is C58H111NO5. The molecule has 0 aromatic rings. The first-order chi connectivity index (χ1) is 31.5. The second-order valence-corrected chi connectivity index (χ2v) is 19.7. The molecule has 0 saturated heterocycles. The van der Waals surface area contributed by atoms with E-state index in [1.54, 1.807) is 0 Å². The van der Waals surface area contributed by atoms with Crippen LogP contribution in [0, 0.1) is 0 Å². The molecule has 3 N–H and O–H groups in total. The Labute approximate surface area is 399 Å². The number of amides is 1. The first kappa shape index (κ1) is 62.3. The van der Waals surface area contributed by atoms with Crippen LogP contribution in [0.4, 0.5) is 0 Å². The highest BCUT2D eigenvalue weighted by Gasteiger charge is 2.24. The number of rotatable bonds is 52. The Hall–Kier alpha value is -1.66. The van der Waals surface area contributed by atoms with Gasteiger partial charge in [-0.15, -0.1) is 0 Å². The number of ether oxygens (including phenoxy) is 1. The smallest absolute Gasteiger partial charge is 0.306 e. The SMILES string of the molecule is CCCCC/C=C/C=C/CCCCCCCCC(=O)OC(CCCCCCCCCCCCCCCC)CC(=O)NC(CO)C(O)CCCCCCCCCCCCCCCCCC. The first-order valence-corrected chi connectivity index (χ1v) is 28.6. The maximum atomic E-state index is 13.3. The Morgan fingerprint density at radius 1 is 0.453 bits per heavy atom. The van der Waals surface area contributed by atoms with Crippen molar-refractivity contribution < 1.29 is 24.5 Å². The van der Waals surface area contributed by atoms with E-state index in [4.69, 9.17) is 4.74 Å². The number of carbonyl (C=O) groups excluding carboxylic acids is 2. The fourth-order valence-corrected chi connectivity index (χ4v) is 8.95. The van der Waals surface area contributed by atoms with Crippen LogP contribution in [0.5, 0.6) is 0 Å². The zero-order valence-corrected chi connectivity index (χ0v) is 43.2. The van der Waals surface area contributed by atoms with Crippen LogP contribution < -0.4 is 5.32 Å². The molecular weight excluding hydrogens is 791 g/mol. The molecule has 0 aliphatic carbocycles. The molecule has 0 aliphatic rings. The summed E-state index contributed by atoms with van der Waals surface area (Å²) in [6, 6.07) is -0.700. The minimum absolute atomic E-state index is 0.0789. The zero-order valence-electron chi connectivity index (χ0n) is 43.2. The topological polar surface area (TPSA) is 95.9 Å². The van der Waals surface area contributed by atoms with Crippen LogP contribution in [0.25, 0.3) is 0 Å². The molecule has 6 heteroatoms. The third-order valence-corrected chi connectivity index (χ3v) is 13.3. The number of esters is 1. The minimum Gasteiger partial charge on any atom is -0.462 e. The summed E-state index contributed by atoms with van der Waals surface area (Å²) < 4.78 is 5.96. The van der Waals surface area contributed by atoms with Crippen LogP contribution in [0.15, 0.2) is 24.3 Å². The predicted molar refractivity (Wildman–Crippen MR) is 278 cm³/mol. The molecule has 0 spiro atoms. The van der Waals surface area contributed by atoms with Crippen LogP contribution in [-0.2, 0) is 14.3 Å². The molecule has 0 fully saturated rings. The number of aliphatic hydroxyl groups is 2. The lowest BCUT2D eigenvalue weighted by atomic mass is 10.0.